The van der Waals surface area contributed by atoms with Gasteiger partial charge in [-0.2, -0.15) is 0 Å². The Balaban J connectivity index is 1.99. The van der Waals surface area contributed by atoms with E-state index in [1.807, 2.05) is 6.92 Å². The largest absolute Gasteiger partial charge is 0.497 e. The summed E-state index contributed by atoms with van der Waals surface area (Å²) in [5.41, 5.74) is 1.73. The number of hydrogen-bond acceptors (Lipinski definition) is 6. The van der Waals surface area contributed by atoms with Gasteiger partial charge in [-0.05, 0) is 62.4 Å². The van der Waals surface area contributed by atoms with E-state index < -0.39 is 28.5 Å². The molecule has 0 fully saturated rings. The fourth-order valence-corrected chi connectivity index (χ4v) is 5.26. The molecule has 0 saturated carbocycles. The first kappa shape index (κ1) is 27.2. The quantitative estimate of drug-likeness (QED) is 0.405. The van der Waals surface area contributed by atoms with E-state index in [2.05, 4.69) is 5.32 Å². The topological polar surface area (TPSA) is 94.2 Å². The highest BCUT2D eigenvalue weighted by Crippen LogP contribution is 2.35. The lowest BCUT2D eigenvalue weighted by Gasteiger charge is -2.27. The second kappa shape index (κ2) is 11.5. The molecule has 0 radical (unpaired) electrons. The van der Waals surface area contributed by atoms with E-state index in [-0.39, 0.29) is 16.3 Å². The number of halogens is 1. The van der Waals surface area contributed by atoms with E-state index in [0.29, 0.717) is 22.1 Å². The van der Waals surface area contributed by atoms with Gasteiger partial charge in [-0.1, -0.05) is 29.3 Å². The van der Waals surface area contributed by atoms with Crippen LogP contribution in [0.2, 0.25) is 5.02 Å². The van der Waals surface area contributed by atoms with E-state index in [1.165, 1.54) is 32.4 Å². The van der Waals surface area contributed by atoms with Gasteiger partial charge in [-0.25, -0.2) is 8.42 Å². The zero-order valence-electron chi connectivity index (χ0n) is 20.7. The summed E-state index contributed by atoms with van der Waals surface area (Å²) in [4.78, 5) is 13.3. The van der Waals surface area contributed by atoms with Gasteiger partial charge in [0.1, 0.15) is 23.8 Å². The average molecular weight is 533 g/mol. The van der Waals surface area contributed by atoms with Gasteiger partial charge in [-0.3, -0.25) is 9.10 Å². The lowest BCUT2D eigenvalue weighted by Crippen LogP contribution is -2.41. The van der Waals surface area contributed by atoms with Gasteiger partial charge in [0.05, 0.1) is 38.0 Å². The number of sulfonamides is 1. The van der Waals surface area contributed by atoms with E-state index in [4.69, 9.17) is 25.8 Å². The van der Waals surface area contributed by atoms with Crippen LogP contribution in [0.15, 0.2) is 65.6 Å². The highest BCUT2D eigenvalue weighted by molar-refractivity contribution is 7.92. The van der Waals surface area contributed by atoms with Crippen molar-refractivity contribution in [3.63, 3.8) is 0 Å². The number of amides is 1. The molecule has 1 N–H and O–H groups in total. The summed E-state index contributed by atoms with van der Waals surface area (Å²) in [6.07, 6.45) is 0. The SMILES string of the molecule is COc1ccc(OC)c([C@H](C)NC(=O)CN(c2cc(Cl)ccc2OC)S(=O)(=O)c2ccc(C)cc2)c1. The molecule has 0 spiro atoms. The van der Waals surface area contributed by atoms with Crippen molar-refractivity contribution in [1.82, 2.24) is 5.32 Å². The summed E-state index contributed by atoms with van der Waals surface area (Å²) in [6.45, 7) is 3.12. The minimum Gasteiger partial charge on any atom is -0.497 e. The number of benzene rings is 3. The molecule has 0 aliphatic heterocycles. The maximum Gasteiger partial charge on any atom is 0.264 e. The monoisotopic (exact) mass is 532 g/mol. The van der Waals surface area contributed by atoms with Crippen molar-refractivity contribution >= 4 is 33.2 Å². The number of rotatable bonds is 10. The van der Waals surface area contributed by atoms with Gasteiger partial charge in [0, 0.05) is 10.6 Å². The van der Waals surface area contributed by atoms with Crippen LogP contribution >= 0.6 is 11.6 Å². The molecular formula is C26H29ClN2O6S. The van der Waals surface area contributed by atoms with E-state index >= 15 is 0 Å². The van der Waals surface area contributed by atoms with Gasteiger partial charge in [0.25, 0.3) is 10.0 Å². The molecule has 36 heavy (non-hydrogen) atoms. The third-order valence-corrected chi connectivity index (χ3v) is 7.60. The maximum atomic E-state index is 13.7. The minimum absolute atomic E-state index is 0.0328. The molecular weight excluding hydrogens is 504 g/mol. The van der Waals surface area contributed by atoms with Gasteiger partial charge in [0.15, 0.2) is 0 Å². The zero-order valence-corrected chi connectivity index (χ0v) is 22.3. The van der Waals surface area contributed by atoms with Gasteiger partial charge >= 0.3 is 0 Å². The summed E-state index contributed by atoms with van der Waals surface area (Å²) in [5, 5.41) is 3.15. The van der Waals surface area contributed by atoms with Gasteiger partial charge in [-0.15, -0.1) is 0 Å². The molecule has 0 aromatic heterocycles. The van der Waals surface area contributed by atoms with Crippen molar-refractivity contribution in [2.24, 2.45) is 0 Å². The van der Waals surface area contributed by atoms with Gasteiger partial charge in [0.2, 0.25) is 5.91 Å². The number of aryl methyl sites for hydroxylation is 1. The van der Waals surface area contributed by atoms with Gasteiger partial charge < -0.3 is 19.5 Å². The number of carbonyl (C=O) groups is 1. The first-order valence-corrected chi connectivity index (χ1v) is 12.9. The van der Waals surface area contributed by atoms with Crippen LogP contribution in [0.1, 0.15) is 24.1 Å². The predicted molar refractivity (Wildman–Crippen MR) is 140 cm³/mol. The molecule has 3 aromatic carbocycles. The molecule has 0 aliphatic carbocycles. The van der Waals surface area contributed by atoms with E-state index in [1.54, 1.807) is 56.5 Å². The molecule has 0 unspecified atom stereocenters. The second-order valence-corrected chi connectivity index (χ2v) is 10.3. The summed E-state index contributed by atoms with van der Waals surface area (Å²) in [5.74, 6) is 0.874. The molecule has 1 amide bonds. The number of ether oxygens (including phenoxy) is 3. The maximum absolute atomic E-state index is 13.7. The molecule has 8 nitrogen and oxygen atoms in total. The predicted octanol–water partition coefficient (Wildman–Crippen LogP) is 4.75. The van der Waals surface area contributed by atoms with Crippen molar-refractivity contribution < 1.29 is 27.4 Å². The third kappa shape index (κ3) is 6.03. The Morgan fingerprint density at radius 2 is 1.58 bits per heavy atom. The molecule has 0 heterocycles. The summed E-state index contributed by atoms with van der Waals surface area (Å²) < 4.78 is 44.5. The molecule has 1 atom stereocenters. The highest BCUT2D eigenvalue weighted by Gasteiger charge is 2.30. The Kier molecular flexibility index (Phi) is 8.70. The Bertz CT molecular complexity index is 1330. The number of nitrogens with one attached hydrogen (secondary N) is 1. The molecule has 3 aromatic rings. The lowest BCUT2D eigenvalue weighted by atomic mass is 10.1. The lowest BCUT2D eigenvalue weighted by molar-refractivity contribution is -0.120. The first-order valence-electron chi connectivity index (χ1n) is 11.0. The van der Waals surface area contributed by atoms with E-state index in [0.717, 1.165) is 9.87 Å². The van der Waals surface area contributed by atoms with Crippen LogP contribution in [-0.2, 0) is 14.8 Å². The molecule has 0 saturated heterocycles. The zero-order chi connectivity index (χ0) is 26.5. The summed E-state index contributed by atoms with van der Waals surface area (Å²) >= 11 is 6.19. The van der Waals surface area contributed by atoms with Crippen molar-refractivity contribution in [2.45, 2.75) is 24.8 Å². The minimum atomic E-state index is -4.15. The number of hydrogen-bond donors (Lipinski definition) is 1. The molecule has 0 aliphatic rings. The van der Waals surface area contributed by atoms with Crippen LogP contribution < -0.4 is 23.8 Å². The molecule has 0 bridgehead atoms. The van der Waals surface area contributed by atoms with Crippen LogP contribution in [0.4, 0.5) is 5.69 Å². The fourth-order valence-electron chi connectivity index (χ4n) is 3.67. The smallest absolute Gasteiger partial charge is 0.264 e. The Morgan fingerprint density at radius 1 is 0.944 bits per heavy atom. The second-order valence-electron chi connectivity index (χ2n) is 8.04. The number of anilines is 1. The van der Waals surface area contributed by atoms with Crippen LogP contribution in [0.25, 0.3) is 0 Å². The first-order chi connectivity index (χ1) is 17.1. The molecule has 10 heteroatoms. The van der Waals surface area contributed by atoms with Crippen LogP contribution in [0.5, 0.6) is 17.2 Å². The Labute approximate surface area is 216 Å². The van der Waals surface area contributed by atoms with Crippen molar-refractivity contribution in [1.29, 1.82) is 0 Å². The van der Waals surface area contributed by atoms with Crippen molar-refractivity contribution in [2.75, 3.05) is 32.2 Å². The third-order valence-electron chi connectivity index (χ3n) is 5.59. The number of methoxy groups -OCH3 is 3. The van der Waals surface area contributed by atoms with Crippen LogP contribution in [0, 0.1) is 6.92 Å². The Morgan fingerprint density at radius 3 is 2.19 bits per heavy atom. The normalized spacial score (nSPS) is 11.9. The van der Waals surface area contributed by atoms with Crippen LogP contribution in [-0.4, -0.2) is 42.2 Å². The highest BCUT2D eigenvalue weighted by atomic mass is 35.5. The summed E-state index contributed by atoms with van der Waals surface area (Å²) in [6, 6.07) is 15.7. The number of nitrogens with zero attached hydrogens (tertiary/aromatic N) is 1. The average Bonchev–Trinajstić information content (AvgIpc) is 2.86. The van der Waals surface area contributed by atoms with Crippen LogP contribution in [0.3, 0.4) is 0 Å². The van der Waals surface area contributed by atoms with Crippen molar-refractivity contribution in [3.05, 3.63) is 76.8 Å². The van der Waals surface area contributed by atoms with E-state index in [9.17, 15) is 13.2 Å². The Hall–Kier alpha value is -3.43. The molecule has 192 valence electrons. The number of carbonyl (C=O) groups excluding carboxylic acids is 1. The molecule has 3 rings (SSSR count). The fraction of sp³-hybridized carbons (Fsp3) is 0.269. The standard InChI is InChI=1S/C26H29ClN2O6S/c1-17-6-10-21(11-7-17)36(31,32)29(23-14-19(27)8-12-25(23)35-5)16-26(30)28-18(2)22-15-20(33-3)9-13-24(22)34-4/h6-15,18H,16H2,1-5H3,(H,28,30)/t18-/m0/s1. The summed E-state index contributed by atoms with van der Waals surface area (Å²) in [7, 11) is 0.339. The van der Waals surface area contributed by atoms with Crippen molar-refractivity contribution in [3.8, 4) is 17.2 Å².